The second-order valence-electron chi connectivity index (χ2n) is 21.4. The van der Waals surface area contributed by atoms with E-state index >= 15 is 0 Å². The molecule has 2 heterocycles. The molecule has 0 aliphatic carbocycles. The summed E-state index contributed by atoms with van der Waals surface area (Å²) in [4.78, 5) is 154. The van der Waals surface area contributed by atoms with Crippen molar-refractivity contribution in [1.29, 1.82) is 0 Å². The molecule has 0 saturated carbocycles. The molecule has 0 radical (unpaired) electrons. The number of carboxylic acid groups (broad SMARTS) is 2. The minimum atomic E-state index is -1.67. The summed E-state index contributed by atoms with van der Waals surface area (Å²) in [6.45, 7) is 7.34. The minimum absolute atomic E-state index is 0.0269. The number of aromatic hydroxyl groups is 1. The second kappa shape index (κ2) is 35.3. The summed E-state index contributed by atoms with van der Waals surface area (Å²) in [6, 6.07) is 3.35. The second-order valence-corrected chi connectivity index (χ2v) is 23.8. The smallest absolute Gasteiger partial charge is 0.339 e. The summed E-state index contributed by atoms with van der Waals surface area (Å²) in [5.41, 5.74) is 2.02. The average Bonchev–Trinajstić information content (AvgIpc) is 4.17. The summed E-state index contributed by atoms with van der Waals surface area (Å²) >= 11 is 3.77. The molecule has 2 aliphatic heterocycles. The Morgan fingerprint density at radius 1 is 0.690 bits per heavy atom. The van der Waals surface area contributed by atoms with Crippen LogP contribution >= 0.6 is 34.4 Å². The number of ether oxygens (including phenoxy) is 1. The summed E-state index contributed by atoms with van der Waals surface area (Å²) in [6.07, 6.45) is 3.14. The van der Waals surface area contributed by atoms with Gasteiger partial charge in [0.05, 0.1) is 27.6 Å². The number of esters is 1. The van der Waals surface area contributed by atoms with Gasteiger partial charge in [0.1, 0.15) is 36.0 Å². The topological polar surface area (TPSA) is 383 Å². The summed E-state index contributed by atoms with van der Waals surface area (Å²) in [7, 11) is 0. The minimum Gasteiger partial charge on any atom is -0.507 e. The number of phenolic OH excluding ortho intramolecular Hbond substituents is 1. The van der Waals surface area contributed by atoms with Crippen LogP contribution in [0, 0.1) is 23.3 Å². The molecular weight excluding hydrogens is 1230 g/mol. The fraction of sp³-hybridized carbons (Fsp3) is 0.579. The van der Waals surface area contributed by atoms with Crippen LogP contribution in [0.1, 0.15) is 138 Å². The molecule has 462 valence electrons. The van der Waals surface area contributed by atoms with E-state index in [9.17, 15) is 72.9 Å². The Bertz CT molecular complexity index is 2680. The molecule has 2 fully saturated rings. The van der Waals surface area contributed by atoms with E-state index in [-0.39, 0.29) is 74.0 Å². The average molecular weight is 1310 g/mol. The Balaban J connectivity index is 1.25. The normalized spacial score (nSPS) is 16.9. The number of carbonyl (C=O) groups is 12. The maximum absolute atomic E-state index is 13.8. The third kappa shape index (κ3) is 23.9. The van der Waals surface area contributed by atoms with E-state index in [2.05, 4.69) is 47.9 Å². The lowest BCUT2D eigenvalue weighted by atomic mass is 10.0. The molecule has 0 spiro atoms. The third-order valence-electron chi connectivity index (χ3n) is 14.1. The SMILES string of the molecule is CC(=O)N[C@@H](CCCCNC(=O)CCCCC1SC[C@H]2NC(=O)N[C@@H]12)C(=O)N[C@@H](Cc1ccc(O)c(I)c1)C(=O)NCCCCCC(=O)N[C@@H](CCC(=O)O)C(=O)N[C@H](C(=O)N[C@@H](CC(=O)O)C(=O)COC(=O)c1c(C)cccc1C)C(C)C. The number of unbranched alkanes of at least 4 members (excludes halogenated alkanes) is 4. The molecule has 2 aromatic carbocycles. The molecule has 0 aromatic heterocycles. The van der Waals surface area contributed by atoms with Crippen molar-refractivity contribution >= 4 is 105 Å². The number of urea groups is 1. The van der Waals surface area contributed by atoms with Gasteiger partial charge in [-0.25, -0.2) is 9.59 Å². The van der Waals surface area contributed by atoms with Gasteiger partial charge in [0, 0.05) is 56.7 Å². The van der Waals surface area contributed by atoms with Crippen LogP contribution in [-0.2, 0) is 59.1 Å². The molecule has 2 aliphatic rings. The maximum Gasteiger partial charge on any atom is 0.339 e. The summed E-state index contributed by atoms with van der Waals surface area (Å²) in [5.74, 6) is -8.46. The molecule has 8 atom stereocenters. The van der Waals surface area contributed by atoms with Crippen molar-refractivity contribution in [2.75, 3.05) is 25.4 Å². The molecule has 2 saturated heterocycles. The molecule has 84 heavy (non-hydrogen) atoms. The quantitative estimate of drug-likeness (QED) is 0.0200. The van der Waals surface area contributed by atoms with Crippen LogP contribution in [0.15, 0.2) is 36.4 Å². The monoisotopic (exact) mass is 1310 g/mol. The highest BCUT2D eigenvalue weighted by atomic mass is 127. The number of phenols is 1. The molecule has 9 amide bonds. The van der Waals surface area contributed by atoms with Gasteiger partial charge in [-0.1, -0.05) is 51.0 Å². The first kappa shape index (κ1) is 69.5. The number of carboxylic acids is 2. The Labute approximate surface area is 506 Å². The molecule has 4 rings (SSSR count). The fourth-order valence-corrected chi connectivity index (χ4v) is 11.7. The van der Waals surface area contributed by atoms with Crippen molar-refractivity contribution in [3.63, 3.8) is 0 Å². The number of amides is 9. The number of aryl methyl sites for hydroxylation is 2. The van der Waals surface area contributed by atoms with Gasteiger partial charge < -0.3 is 67.9 Å². The molecule has 0 bridgehead atoms. The lowest BCUT2D eigenvalue weighted by molar-refractivity contribution is -0.141. The Hall–Kier alpha value is -7.04. The van der Waals surface area contributed by atoms with Crippen LogP contribution < -0.4 is 47.9 Å². The standard InChI is InChI=1S/C57H80IN9O16S/c1-31(2)50(55(80)63-39(28-48(75)76)43(70)29-83-56(81)49-32(3)14-13-15-33(49)4)66-54(79)38(21-23-47(73)74)62-46(72)19-7-6-11-25-60-52(77)40(27-35-20-22-42(69)36(58)26-35)64-53(78)37(61-34(5)68)16-10-12-24-59-45(71)18-9-8-17-44-51-41(30-84-44)65-57(82)67-51/h13-15,20,22,26,31,37-41,44,50-51,69H,6-12,16-19,21,23-25,27-30H2,1-5H3,(H,59,71)(H,60,77)(H,61,68)(H,62,72)(H,63,80)(H,64,78)(H,66,79)(H,73,74)(H,75,76)(H2,65,67,82)/t37-,38-,39-,40-,41+,44?,50-,51+/m0/s1. The third-order valence-corrected chi connectivity index (χ3v) is 16.5. The zero-order valence-electron chi connectivity index (χ0n) is 48.0. The molecule has 27 heteroatoms. The molecule has 12 N–H and O–H groups in total. The Morgan fingerprint density at radius 2 is 1.33 bits per heavy atom. The van der Waals surface area contributed by atoms with Gasteiger partial charge in [-0.2, -0.15) is 11.8 Å². The van der Waals surface area contributed by atoms with Gasteiger partial charge in [0.25, 0.3) is 0 Å². The van der Waals surface area contributed by atoms with Crippen molar-refractivity contribution in [3.05, 3.63) is 62.2 Å². The number of aliphatic carboxylic acids is 2. The van der Waals surface area contributed by atoms with E-state index in [1.807, 2.05) is 34.4 Å². The number of Topliss-reactive ketones (excluding diaryl/α,β-unsaturated/α-hetero) is 1. The highest BCUT2D eigenvalue weighted by Crippen LogP contribution is 2.33. The lowest BCUT2D eigenvalue weighted by Gasteiger charge is -2.27. The van der Waals surface area contributed by atoms with E-state index in [0.717, 1.165) is 18.6 Å². The Kier molecular flexibility index (Phi) is 29.2. The van der Waals surface area contributed by atoms with E-state index in [1.165, 1.54) is 13.0 Å². The van der Waals surface area contributed by atoms with Crippen molar-refractivity contribution in [1.82, 2.24) is 47.9 Å². The van der Waals surface area contributed by atoms with Crippen molar-refractivity contribution in [2.45, 2.75) is 178 Å². The number of carbonyl (C=O) groups excluding carboxylic acids is 10. The first-order valence-corrected chi connectivity index (χ1v) is 30.3. The lowest BCUT2D eigenvalue weighted by Crippen LogP contribution is -2.57. The van der Waals surface area contributed by atoms with Crippen LogP contribution in [0.4, 0.5) is 4.79 Å². The van der Waals surface area contributed by atoms with Gasteiger partial charge >= 0.3 is 23.9 Å². The molecular formula is C57H80IN9O16S. The number of fused-ring (bicyclic) bond motifs is 1. The largest absolute Gasteiger partial charge is 0.507 e. The van der Waals surface area contributed by atoms with Gasteiger partial charge in [-0.3, -0.25) is 47.9 Å². The van der Waals surface area contributed by atoms with Gasteiger partial charge in [-0.05, 0) is 123 Å². The summed E-state index contributed by atoms with van der Waals surface area (Å²) < 4.78 is 5.71. The van der Waals surface area contributed by atoms with Crippen molar-refractivity contribution < 1.29 is 77.6 Å². The number of hydrogen-bond donors (Lipinski definition) is 12. The number of nitrogens with one attached hydrogen (secondary N) is 9. The Morgan fingerprint density at radius 3 is 2.00 bits per heavy atom. The van der Waals surface area contributed by atoms with Crippen LogP contribution in [-0.4, -0.2) is 159 Å². The number of ketones is 1. The van der Waals surface area contributed by atoms with E-state index in [4.69, 9.17) is 4.74 Å². The van der Waals surface area contributed by atoms with Crippen LogP contribution in [0.2, 0.25) is 0 Å². The van der Waals surface area contributed by atoms with Gasteiger partial charge in [0.2, 0.25) is 41.4 Å². The molecule has 25 nitrogen and oxygen atoms in total. The van der Waals surface area contributed by atoms with Crippen LogP contribution in [0.3, 0.4) is 0 Å². The zero-order chi connectivity index (χ0) is 62.0. The first-order chi connectivity index (χ1) is 39.8. The van der Waals surface area contributed by atoms with E-state index in [0.29, 0.717) is 70.6 Å². The van der Waals surface area contributed by atoms with Crippen molar-refractivity contribution in [3.8, 4) is 5.75 Å². The molecule has 1 unspecified atom stereocenters. The number of thioether (sulfide) groups is 1. The zero-order valence-corrected chi connectivity index (χ0v) is 51.0. The van der Waals surface area contributed by atoms with E-state index in [1.54, 1.807) is 58.0 Å². The highest BCUT2D eigenvalue weighted by Gasteiger charge is 2.42. The number of benzene rings is 2. The van der Waals surface area contributed by atoms with Gasteiger partial charge in [-0.15, -0.1) is 0 Å². The maximum atomic E-state index is 13.8. The number of hydrogen-bond acceptors (Lipinski definition) is 15. The number of rotatable bonds is 37. The van der Waals surface area contributed by atoms with E-state index < -0.39 is 115 Å². The summed E-state index contributed by atoms with van der Waals surface area (Å²) in [5, 5.41) is 53.8. The van der Waals surface area contributed by atoms with Crippen LogP contribution in [0.25, 0.3) is 0 Å². The van der Waals surface area contributed by atoms with Crippen molar-refractivity contribution in [2.24, 2.45) is 5.92 Å². The highest BCUT2D eigenvalue weighted by molar-refractivity contribution is 14.1. The van der Waals surface area contributed by atoms with Crippen LogP contribution in [0.5, 0.6) is 5.75 Å². The molecule has 2 aromatic rings. The number of halogens is 1. The predicted octanol–water partition coefficient (Wildman–Crippen LogP) is 2.71. The first-order valence-electron chi connectivity index (χ1n) is 28.2. The fourth-order valence-electron chi connectivity index (χ4n) is 9.61. The predicted molar refractivity (Wildman–Crippen MR) is 317 cm³/mol. The van der Waals surface area contributed by atoms with Gasteiger partial charge in [0.15, 0.2) is 12.4 Å².